The van der Waals surface area contributed by atoms with E-state index in [4.69, 9.17) is 23.8 Å². The minimum absolute atomic E-state index is 0.617. The molecule has 5 nitrogen and oxygen atoms in total. The lowest BCUT2D eigenvalue weighted by molar-refractivity contribution is 0.668. The van der Waals surface area contributed by atoms with Gasteiger partial charge in [0.05, 0.1) is 0 Å². The molecule has 0 unspecified atom stereocenters. The highest BCUT2D eigenvalue weighted by Crippen LogP contribution is 2.47. The zero-order valence-corrected chi connectivity index (χ0v) is 35.4. The zero-order chi connectivity index (χ0) is 42.6. The van der Waals surface area contributed by atoms with Crippen LogP contribution < -0.4 is 0 Å². The second-order valence-corrected chi connectivity index (χ2v) is 17.7. The van der Waals surface area contributed by atoms with E-state index in [9.17, 15) is 0 Å². The maximum Gasteiger partial charge on any atom is 0.164 e. The van der Waals surface area contributed by atoms with Crippen LogP contribution in [0.2, 0.25) is 0 Å². The number of aromatic nitrogens is 3. The van der Waals surface area contributed by atoms with Gasteiger partial charge in [-0.15, -0.1) is 11.3 Å². The highest BCUT2D eigenvalue weighted by Gasteiger charge is 2.23. The molecule has 0 aliphatic carbocycles. The van der Waals surface area contributed by atoms with Crippen LogP contribution in [-0.2, 0) is 0 Å². The summed E-state index contributed by atoms with van der Waals surface area (Å²) in [5.41, 5.74) is 10.5. The maximum absolute atomic E-state index is 6.87. The van der Waals surface area contributed by atoms with Gasteiger partial charge < -0.3 is 8.83 Å². The summed E-state index contributed by atoms with van der Waals surface area (Å²) in [5.74, 6) is 1.87. The molecule has 0 amide bonds. The van der Waals surface area contributed by atoms with Crippen LogP contribution in [0, 0.1) is 0 Å². The Balaban J connectivity index is 0.983. The Kier molecular flexibility index (Phi) is 7.79. The number of fused-ring (bicyclic) bond motifs is 11. The van der Waals surface area contributed by atoms with Crippen molar-refractivity contribution in [2.45, 2.75) is 0 Å². The Morgan fingerprint density at radius 1 is 0.308 bits per heavy atom. The Hall–Kier alpha value is -8.45. The van der Waals surface area contributed by atoms with Crippen molar-refractivity contribution in [1.29, 1.82) is 0 Å². The highest BCUT2D eigenvalue weighted by atomic mass is 32.1. The van der Waals surface area contributed by atoms with Gasteiger partial charge in [-0.1, -0.05) is 140 Å². The summed E-state index contributed by atoms with van der Waals surface area (Å²) in [6, 6.07) is 70.3. The van der Waals surface area contributed by atoms with E-state index < -0.39 is 0 Å². The average Bonchev–Trinajstić information content (AvgIpc) is 4.07. The number of benzene rings is 10. The van der Waals surface area contributed by atoms with Gasteiger partial charge in [-0.25, -0.2) is 15.0 Å². The number of thiophene rings is 1. The molecule has 10 aromatic carbocycles. The van der Waals surface area contributed by atoms with Crippen molar-refractivity contribution in [2.75, 3.05) is 0 Å². The normalized spacial score (nSPS) is 12.0. The Bertz CT molecular complexity index is 4270. The molecule has 14 aromatic rings. The third-order valence-electron chi connectivity index (χ3n) is 13.0. The third-order valence-corrected chi connectivity index (χ3v) is 14.1. The van der Waals surface area contributed by atoms with E-state index in [1.54, 1.807) is 11.3 Å². The van der Waals surface area contributed by atoms with E-state index in [0.717, 1.165) is 99.0 Å². The fourth-order valence-corrected chi connectivity index (χ4v) is 11.0. The van der Waals surface area contributed by atoms with E-state index >= 15 is 0 Å². The van der Waals surface area contributed by atoms with Crippen molar-refractivity contribution in [3.63, 3.8) is 0 Å². The average molecular weight is 848 g/mol. The lowest BCUT2D eigenvalue weighted by Gasteiger charge is -2.15. The van der Waals surface area contributed by atoms with Gasteiger partial charge in [-0.05, 0) is 98.9 Å². The number of nitrogens with zero attached hydrogens (tertiary/aromatic N) is 3. The number of hydrogen-bond donors (Lipinski definition) is 0. The third kappa shape index (κ3) is 5.61. The van der Waals surface area contributed by atoms with Crippen LogP contribution in [0.5, 0.6) is 0 Å². The van der Waals surface area contributed by atoms with Gasteiger partial charge in [0, 0.05) is 64.0 Å². The molecule has 6 heteroatoms. The standard InChI is InChI=1S/C59H33N3O2S/c1-2-13-35-32-36(25-24-34(35)12-1)57-60-58(37-26-31-53-48(33-37)41-16-7-10-23-52(41)65-53)62-59(61-57)45-30-27-40(38-14-3-4-15-39(38)45)43-28-29-44(56-55(43)47-18-6-9-21-50(47)64-56)42-19-11-22-51-54(42)46-17-5-8-20-49(46)63-51/h1-33H. The largest absolute Gasteiger partial charge is 0.456 e. The molecule has 0 N–H and O–H groups in total. The summed E-state index contributed by atoms with van der Waals surface area (Å²) < 4.78 is 15.7. The minimum atomic E-state index is 0.617. The zero-order valence-electron chi connectivity index (χ0n) is 34.6. The lowest BCUT2D eigenvalue weighted by atomic mass is 9.89. The van der Waals surface area contributed by atoms with Gasteiger partial charge in [-0.2, -0.15) is 0 Å². The Morgan fingerprint density at radius 3 is 1.69 bits per heavy atom. The van der Waals surface area contributed by atoms with E-state index in [-0.39, 0.29) is 0 Å². The van der Waals surface area contributed by atoms with Crippen molar-refractivity contribution < 1.29 is 8.83 Å². The van der Waals surface area contributed by atoms with Crippen LogP contribution in [0.4, 0.5) is 0 Å². The highest BCUT2D eigenvalue weighted by molar-refractivity contribution is 7.25. The molecule has 0 aliphatic heterocycles. The predicted octanol–water partition coefficient (Wildman–Crippen LogP) is 16.7. The van der Waals surface area contributed by atoms with Crippen LogP contribution in [0.3, 0.4) is 0 Å². The Labute approximate surface area is 375 Å². The van der Waals surface area contributed by atoms with Gasteiger partial charge in [0.2, 0.25) is 0 Å². The van der Waals surface area contributed by atoms with Gasteiger partial charge >= 0.3 is 0 Å². The van der Waals surface area contributed by atoms with Crippen LogP contribution in [0.1, 0.15) is 0 Å². The van der Waals surface area contributed by atoms with Gasteiger partial charge in [0.1, 0.15) is 22.3 Å². The summed E-state index contributed by atoms with van der Waals surface area (Å²) in [7, 11) is 0. The molecule has 0 atom stereocenters. The predicted molar refractivity (Wildman–Crippen MR) is 269 cm³/mol. The fourth-order valence-electron chi connectivity index (χ4n) is 9.94. The number of hydrogen-bond acceptors (Lipinski definition) is 6. The first-order valence-corrected chi connectivity index (χ1v) is 22.6. The van der Waals surface area contributed by atoms with Crippen molar-refractivity contribution in [3.05, 3.63) is 200 Å². The van der Waals surface area contributed by atoms with Crippen molar-refractivity contribution in [1.82, 2.24) is 15.0 Å². The molecule has 0 saturated carbocycles. The summed E-state index contributed by atoms with van der Waals surface area (Å²) >= 11 is 1.81. The molecule has 14 rings (SSSR count). The maximum atomic E-state index is 6.87. The van der Waals surface area contributed by atoms with Crippen LogP contribution in [0.15, 0.2) is 209 Å². The first-order chi connectivity index (χ1) is 32.2. The molecule has 4 heterocycles. The van der Waals surface area contributed by atoms with E-state index in [2.05, 4.69) is 176 Å². The van der Waals surface area contributed by atoms with Gasteiger partial charge in [0.15, 0.2) is 17.5 Å². The quantitative estimate of drug-likeness (QED) is 0.173. The molecule has 0 fully saturated rings. The molecule has 0 bridgehead atoms. The first-order valence-electron chi connectivity index (χ1n) is 21.7. The second kappa shape index (κ2) is 14.0. The van der Waals surface area contributed by atoms with Gasteiger partial charge in [0.25, 0.3) is 0 Å². The molecular weight excluding hydrogens is 815 g/mol. The SMILES string of the molecule is c1ccc2cc(-c3nc(-c4ccc5sc6ccccc6c5c4)nc(-c4ccc(-c5ccc(-c6cccc7oc8ccccc8c67)c6oc7ccccc7c56)c5ccccc45)n3)ccc2c1. The fraction of sp³-hybridized carbons (Fsp3) is 0. The summed E-state index contributed by atoms with van der Waals surface area (Å²) in [4.78, 5) is 15.8. The lowest BCUT2D eigenvalue weighted by Crippen LogP contribution is -2.01. The molecule has 0 spiro atoms. The van der Waals surface area contributed by atoms with Crippen LogP contribution in [0.25, 0.3) is 142 Å². The van der Waals surface area contributed by atoms with Crippen LogP contribution >= 0.6 is 11.3 Å². The topological polar surface area (TPSA) is 65.0 Å². The molecule has 302 valence electrons. The molecule has 0 radical (unpaired) electrons. The number of rotatable bonds is 5. The second-order valence-electron chi connectivity index (χ2n) is 16.6. The van der Waals surface area contributed by atoms with Crippen molar-refractivity contribution in [2.24, 2.45) is 0 Å². The first kappa shape index (κ1) is 36.1. The monoisotopic (exact) mass is 847 g/mol. The van der Waals surface area contributed by atoms with E-state index in [1.807, 2.05) is 24.3 Å². The summed E-state index contributed by atoms with van der Waals surface area (Å²) in [5, 5.41) is 11.2. The van der Waals surface area contributed by atoms with E-state index in [1.165, 1.54) is 25.6 Å². The smallest absolute Gasteiger partial charge is 0.164 e. The summed E-state index contributed by atoms with van der Waals surface area (Å²) in [6.07, 6.45) is 0. The summed E-state index contributed by atoms with van der Waals surface area (Å²) in [6.45, 7) is 0. The molecule has 0 saturated heterocycles. The minimum Gasteiger partial charge on any atom is -0.456 e. The molecule has 65 heavy (non-hydrogen) atoms. The Morgan fingerprint density at radius 2 is 0.862 bits per heavy atom. The number of furan rings is 2. The van der Waals surface area contributed by atoms with Crippen molar-refractivity contribution in [3.8, 4) is 56.4 Å². The van der Waals surface area contributed by atoms with E-state index in [0.29, 0.717) is 17.5 Å². The molecular formula is C59H33N3O2S. The molecule has 0 aliphatic rings. The molecule has 4 aromatic heterocycles. The van der Waals surface area contributed by atoms with Crippen molar-refractivity contribution >= 4 is 96.9 Å². The number of para-hydroxylation sites is 2. The van der Waals surface area contributed by atoms with Crippen LogP contribution in [-0.4, -0.2) is 15.0 Å². The van der Waals surface area contributed by atoms with Gasteiger partial charge in [-0.3, -0.25) is 0 Å².